The smallest absolute Gasteiger partial charge is 0.168 e. The fourth-order valence-corrected chi connectivity index (χ4v) is 3.08. The quantitative estimate of drug-likeness (QED) is 0.643. The van der Waals surface area contributed by atoms with E-state index in [2.05, 4.69) is 75.8 Å². The lowest BCUT2D eigenvalue weighted by Gasteiger charge is -2.34. The molecule has 3 aromatic rings. The van der Waals surface area contributed by atoms with Crippen LogP contribution in [0.5, 0.6) is 0 Å². The first-order chi connectivity index (χ1) is 11.2. The lowest BCUT2D eigenvalue weighted by Crippen LogP contribution is -2.44. The van der Waals surface area contributed by atoms with Crippen molar-refractivity contribution in [3.63, 3.8) is 0 Å². The van der Waals surface area contributed by atoms with Crippen molar-refractivity contribution >= 4 is 24.6 Å². The van der Waals surface area contributed by atoms with Gasteiger partial charge in [-0.25, -0.2) is 0 Å². The Morgan fingerprint density at radius 2 is 1.65 bits per heavy atom. The molecule has 0 aliphatic carbocycles. The van der Waals surface area contributed by atoms with E-state index in [-0.39, 0.29) is 0 Å². The highest BCUT2D eigenvalue weighted by Gasteiger charge is 2.15. The van der Waals surface area contributed by atoms with E-state index < -0.39 is 0 Å². The minimum absolute atomic E-state index is 0.883. The summed E-state index contributed by atoms with van der Waals surface area (Å²) >= 11 is 0. The third kappa shape index (κ3) is 2.70. The van der Waals surface area contributed by atoms with Gasteiger partial charge in [0.25, 0.3) is 0 Å². The highest BCUT2D eigenvalue weighted by atomic mass is 15.3. The second kappa shape index (κ2) is 5.70. The summed E-state index contributed by atoms with van der Waals surface area (Å²) in [4.78, 5) is 4.81. The van der Waals surface area contributed by atoms with E-state index in [1.807, 2.05) is 6.07 Å². The van der Waals surface area contributed by atoms with E-state index in [0.29, 0.717) is 0 Å². The van der Waals surface area contributed by atoms with Gasteiger partial charge in [-0.05, 0) is 37.4 Å². The molecule has 0 unspecified atom stereocenters. The molecule has 23 heavy (non-hydrogen) atoms. The molecule has 0 saturated carbocycles. The van der Waals surface area contributed by atoms with Gasteiger partial charge in [-0.15, -0.1) is 10.2 Å². The summed E-state index contributed by atoms with van der Waals surface area (Å²) in [6, 6.07) is 12.7. The van der Waals surface area contributed by atoms with Crippen molar-refractivity contribution in [2.75, 3.05) is 38.1 Å². The zero-order valence-electron chi connectivity index (χ0n) is 13.6. The largest absolute Gasteiger partial charge is 0.369 e. The molecule has 4 rings (SSSR count). The fourth-order valence-electron chi connectivity index (χ4n) is 3.08. The topological polar surface area (TPSA) is 36.7 Å². The Balaban J connectivity index is 1.63. The first-order valence-corrected chi connectivity index (χ1v) is 8.06. The van der Waals surface area contributed by atoms with Crippen molar-refractivity contribution in [3.8, 4) is 11.4 Å². The molecule has 2 aromatic heterocycles. The summed E-state index contributed by atoms with van der Waals surface area (Å²) in [5.74, 6) is 0.897. The lowest BCUT2D eigenvalue weighted by molar-refractivity contribution is 0.313. The molecule has 0 spiro atoms. The first-order valence-electron chi connectivity index (χ1n) is 8.06. The Labute approximate surface area is 137 Å². The van der Waals surface area contributed by atoms with Gasteiger partial charge in [0.15, 0.2) is 11.5 Å². The highest BCUT2D eigenvalue weighted by Crippen LogP contribution is 2.23. The van der Waals surface area contributed by atoms with Crippen LogP contribution in [0.4, 0.5) is 5.69 Å². The summed E-state index contributed by atoms with van der Waals surface area (Å²) in [5, 5.41) is 8.61. The third-order valence-electron chi connectivity index (χ3n) is 4.54. The van der Waals surface area contributed by atoms with Crippen molar-refractivity contribution in [2.45, 2.75) is 0 Å². The number of fused-ring (bicyclic) bond motifs is 1. The average Bonchev–Trinajstić information content (AvgIpc) is 2.99. The van der Waals surface area contributed by atoms with Gasteiger partial charge >= 0.3 is 0 Å². The summed E-state index contributed by atoms with van der Waals surface area (Å²) < 4.78 is 2.06. The number of pyridine rings is 1. The lowest BCUT2D eigenvalue weighted by atomic mass is 9.99. The van der Waals surface area contributed by atoms with Gasteiger partial charge < -0.3 is 9.80 Å². The van der Waals surface area contributed by atoms with Gasteiger partial charge in [0.05, 0.1) is 0 Å². The number of likely N-dealkylation sites (N-methyl/N-ethyl adjacent to an activating group) is 1. The molecule has 0 bridgehead atoms. The zero-order valence-corrected chi connectivity index (χ0v) is 13.6. The molecule has 3 heterocycles. The Morgan fingerprint density at radius 3 is 2.39 bits per heavy atom. The van der Waals surface area contributed by atoms with Crippen LogP contribution in [-0.2, 0) is 0 Å². The summed E-state index contributed by atoms with van der Waals surface area (Å²) in [7, 11) is 4.26. The van der Waals surface area contributed by atoms with Crippen molar-refractivity contribution in [2.24, 2.45) is 0 Å². The number of piperazine rings is 1. The molecule has 5 nitrogen and oxygen atoms in total. The number of aromatic nitrogens is 3. The van der Waals surface area contributed by atoms with Crippen LogP contribution < -0.4 is 10.4 Å². The molecule has 0 atom stereocenters. The second-order valence-corrected chi connectivity index (χ2v) is 6.30. The van der Waals surface area contributed by atoms with E-state index >= 15 is 0 Å². The summed E-state index contributed by atoms with van der Waals surface area (Å²) in [6.07, 6.45) is 2.08. The molecule has 0 N–H and O–H groups in total. The number of nitrogens with zero attached hydrogens (tertiary/aromatic N) is 5. The summed E-state index contributed by atoms with van der Waals surface area (Å²) in [5.41, 5.74) is 4.47. The van der Waals surface area contributed by atoms with Crippen molar-refractivity contribution in [3.05, 3.63) is 42.6 Å². The SMILES string of the molecule is Bc1ccc2nnc(-c3ccc(N4CCN(C)CC4)cc3)n2c1. The minimum Gasteiger partial charge on any atom is -0.369 e. The highest BCUT2D eigenvalue weighted by molar-refractivity contribution is 6.32. The van der Waals surface area contributed by atoms with Crippen LogP contribution in [0, 0.1) is 0 Å². The third-order valence-corrected chi connectivity index (χ3v) is 4.54. The number of hydrogen-bond acceptors (Lipinski definition) is 4. The van der Waals surface area contributed by atoms with Gasteiger partial charge in [-0.1, -0.05) is 11.5 Å². The average molecular weight is 305 g/mol. The predicted octanol–water partition coefficient (Wildman–Crippen LogP) is 0.406. The van der Waals surface area contributed by atoms with Crippen LogP contribution >= 0.6 is 0 Å². The molecular formula is C17H20BN5. The Kier molecular flexibility index (Phi) is 3.54. The van der Waals surface area contributed by atoms with Crippen LogP contribution in [0.3, 0.4) is 0 Å². The van der Waals surface area contributed by atoms with E-state index in [1.165, 1.54) is 11.2 Å². The molecule has 116 valence electrons. The monoisotopic (exact) mass is 305 g/mol. The predicted molar refractivity (Wildman–Crippen MR) is 96.3 cm³/mol. The molecule has 1 fully saturated rings. The van der Waals surface area contributed by atoms with Gasteiger partial charge in [0, 0.05) is 43.6 Å². The standard InChI is InChI=1S/C17H20BN5/c1-21-8-10-22(11-9-21)15-5-2-13(3-6-15)17-20-19-16-7-4-14(18)12-23(16)17/h2-7,12H,8-11,18H2,1H3. The normalized spacial score (nSPS) is 16.1. The maximum atomic E-state index is 4.35. The number of hydrogen-bond donors (Lipinski definition) is 0. The Hall–Kier alpha value is -2.34. The van der Waals surface area contributed by atoms with Crippen LogP contribution in [0.1, 0.15) is 0 Å². The van der Waals surface area contributed by atoms with Crippen LogP contribution in [0.25, 0.3) is 17.0 Å². The van der Waals surface area contributed by atoms with E-state index in [0.717, 1.165) is 43.2 Å². The van der Waals surface area contributed by atoms with Crippen LogP contribution in [0.2, 0.25) is 0 Å². The number of rotatable bonds is 2. The first kappa shape index (κ1) is 14.3. The minimum atomic E-state index is 0.883. The molecule has 1 saturated heterocycles. The molecule has 1 aliphatic rings. The second-order valence-electron chi connectivity index (χ2n) is 6.30. The van der Waals surface area contributed by atoms with Crippen molar-refractivity contribution < 1.29 is 0 Å². The zero-order chi connectivity index (χ0) is 15.8. The van der Waals surface area contributed by atoms with E-state index in [4.69, 9.17) is 0 Å². The molecular weight excluding hydrogens is 285 g/mol. The van der Waals surface area contributed by atoms with Crippen LogP contribution in [0.15, 0.2) is 42.6 Å². The van der Waals surface area contributed by atoms with Gasteiger partial charge in [0.2, 0.25) is 0 Å². The molecule has 0 radical (unpaired) electrons. The van der Waals surface area contributed by atoms with Crippen LogP contribution in [-0.4, -0.2) is 60.6 Å². The van der Waals surface area contributed by atoms with Crippen molar-refractivity contribution in [1.29, 1.82) is 0 Å². The van der Waals surface area contributed by atoms with E-state index in [9.17, 15) is 0 Å². The number of benzene rings is 1. The maximum absolute atomic E-state index is 4.35. The van der Waals surface area contributed by atoms with Gasteiger partial charge in [-0.3, -0.25) is 4.40 Å². The summed E-state index contributed by atoms with van der Waals surface area (Å²) in [6.45, 7) is 4.41. The molecule has 6 heteroatoms. The number of anilines is 1. The maximum Gasteiger partial charge on any atom is 0.168 e. The van der Waals surface area contributed by atoms with Gasteiger partial charge in [0.1, 0.15) is 7.85 Å². The van der Waals surface area contributed by atoms with Gasteiger partial charge in [-0.2, -0.15) is 0 Å². The Bertz CT molecular complexity index is 819. The molecule has 0 amide bonds. The fraction of sp³-hybridized carbons (Fsp3) is 0.294. The van der Waals surface area contributed by atoms with E-state index in [1.54, 1.807) is 0 Å². The molecule has 1 aromatic carbocycles. The molecule has 1 aliphatic heterocycles. The Morgan fingerprint density at radius 1 is 0.913 bits per heavy atom. The van der Waals surface area contributed by atoms with Crippen molar-refractivity contribution in [1.82, 2.24) is 19.5 Å².